The van der Waals surface area contributed by atoms with E-state index in [4.69, 9.17) is 0 Å². The van der Waals surface area contributed by atoms with Gasteiger partial charge in [-0.1, -0.05) is 22.0 Å². The van der Waals surface area contributed by atoms with Crippen molar-refractivity contribution in [2.24, 2.45) is 0 Å². The van der Waals surface area contributed by atoms with Gasteiger partial charge in [-0.15, -0.1) is 0 Å². The third-order valence-corrected chi connectivity index (χ3v) is 1.87. The second kappa shape index (κ2) is 3.09. The van der Waals surface area contributed by atoms with Crippen LogP contribution in [0.2, 0.25) is 0 Å². The minimum absolute atomic E-state index is 0.00861. The van der Waals surface area contributed by atoms with E-state index in [1.54, 1.807) is 0 Å². The van der Waals surface area contributed by atoms with Crippen molar-refractivity contribution in [2.45, 2.75) is 6.18 Å². The first-order chi connectivity index (χ1) is 5.41. The summed E-state index contributed by atoms with van der Waals surface area (Å²) in [6, 6.07) is 3.87. The highest BCUT2D eigenvalue weighted by molar-refractivity contribution is 9.10. The molecule has 0 saturated heterocycles. The molecule has 0 spiro atoms. The maximum atomic E-state index is 12.2. The summed E-state index contributed by atoms with van der Waals surface area (Å²) in [6.07, 6.45) is -4.32. The molecule has 1 aromatic rings. The van der Waals surface area contributed by atoms with Gasteiger partial charge in [0, 0.05) is 4.47 Å². The first-order valence-electron chi connectivity index (χ1n) is 3.10. The Morgan fingerprint density at radius 3 is 2.25 bits per heavy atom. The van der Waals surface area contributed by atoms with Crippen LogP contribution in [0.3, 0.4) is 0 Å². The number of hydrogen-bond acceptors (Lipinski definition) is 0. The standard InChI is InChI=1S/C8H5BrF3/c1-5-2-3-6(9)4-7(5)8(10,11)12/h2-4H,1H2. The Kier molecular flexibility index (Phi) is 2.46. The first kappa shape index (κ1) is 9.58. The van der Waals surface area contributed by atoms with Crippen LogP contribution in [-0.4, -0.2) is 0 Å². The van der Waals surface area contributed by atoms with Crippen LogP contribution in [-0.2, 0) is 6.18 Å². The summed E-state index contributed by atoms with van der Waals surface area (Å²) in [4.78, 5) is 0. The van der Waals surface area contributed by atoms with Crippen molar-refractivity contribution >= 4 is 15.9 Å². The number of alkyl halides is 3. The molecule has 65 valence electrons. The lowest BCUT2D eigenvalue weighted by Gasteiger charge is -2.09. The van der Waals surface area contributed by atoms with Crippen LogP contribution >= 0.6 is 15.9 Å². The van der Waals surface area contributed by atoms with Crippen molar-refractivity contribution in [2.75, 3.05) is 0 Å². The van der Waals surface area contributed by atoms with Crippen LogP contribution in [0.4, 0.5) is 13.2 Å². The Hall–Kier alpha value is -0.510. The molecule has 0 aliphatic rings. The molecule has 0 aliphatic carbocycles. The monoisotopic (exact) mass is 237 g/mol. The molecule has 12 heavy (non-hydrogen) atoms. The minimum Gasteiger partial charge on any atom is -0.166 e. The van der Waals surface area contributed by atoms with Gasteiger partial charge in [0.2, 0.25) is 0 Å². The Labute approximate surface area is 76.5 Å². The highest BCUT2D eigenvalue weighted by Gasteiger charge is 2.32. The minimum atomic E-state index is -4.32. The Morgan fingerprint density at radius 2 is 1.83 bits per heavy atom. The van der Waals surface area contributed by atoms with Gasteiger partial charge in [0.1, 0.15) is 0 Å². The molecule has 0 unspecified atom stereocenters. The van der Waals surface area contributed by atoms with E-state index in [1.165, 1.54) is 12.1 Å². The zero-order valence-corrected chi connectivity index (χ0v) is 7.54. The molecular weight excluding hydrogens is 233 g/mol. The van der Waals surface area contributed by atoms with E-state index in [0.29, 0.717) is 4.47 Å². The largest absolute Gasteiger partial charge is 0.416 e. The smallest absolute Gasteiger partial charge is 0.166 e. The van der Waals surface area contributed by atoms with E-state index in [1.807, 2.05) is 0 Å². The lowest BCUT2D eigenvalue weighted by molar-refractivity contribution is -0.137. The number of benzene rings is 1. The van der Waals surface area contributed by atoms with Crippen molar-refractivity contribution in [3.8, 4) is 0 Å². The molecule has 1 aromatic carbocycles. The molecule has 0 nitrogen and oxygen atoms in total. The number of rotatable bonds is 0. The van der Waals surface area contributed by atoms with E-state index in [0.717, 1.165) is 6.07 Å². The lowest BCUT2D eigenvalue weighted by atomic mass is 10.1. The van der Waals surface area contributed by atoms with Gasteiger partial charge in [-0.3, -0.25) is 0 Å². The van der Waals surface area contributed by atoms with E-state index >= 15 is 0 Å². The van der Waals surface area contributed by atoms with E-state index in [-0.39, 0.29) is 5.56 Å². The molecule has 0 bridgehead atoms. The van der Waals surface area contributed by atoms with Gasteiger partial charge in [-0.2, -0.15) is 13.2 Å². The topological polar surface area (TPSA) is 0 Å². The molecule has 0 heterocycles. The highest BCUT2D eigenvalue weighted by atomic mass is 79.9. The second-order valence-electron chi connectivity index (χ2n) is 2.30. The Balaban J connectivity index is 3.23. The van der Waals surface area contributed by atoms with Crippen LogP contribution in [0.5, 0.6) is 0 Å². The second-order valence-corrected chi connectivity index (χ2v) is 3.21. The molecule has 1 radical (unpaired) electrons. The maximum Gasteiger partial charge on any atom is 0.416 e. The first-order valence-corrected chi connectivity index (χ1v) is 3.89. The third-order valence-electron chi connectivity index (χ3n) is 1.38. The average molecular weight is 238 g/mol. The number of hydrogen-bond donors (Lipinski definition) is 0. The van der Waals surface area contributed by atoms with Crippen LogP contribution in [0.1, 0.15) is 11.1 Å². The molecule has 0 atom stereocenters. The van der Waals surface area contributed by atoms with E-state index in [9.17, 15) is 13.2 Å². The van der Waals surface area contributed by atoms with Crippen molar-refractivity contribution in [1.29, 1.82) is 0 Å². The predicted molar refractivity (Wildman–Crippen MR) is 43.6 cm³/mol. The van der Waals surface area contributed by atoms with E-state index < -0.39 is 11.7 Å². The highest BCUT2D eigenvalue weighted by Crippen LogP contribution is 2.33. The summed E-state index contributed by atoms with van der Waals surface area (Å²) >= 11 is 2.96. The van der Waals surface area contributed by atoms with Gasteiger partial charge < -0.3 is 0 Å². The summed E-state index contributed by atoms with van der Waals surface area (Å²) in [5.41, 5.74) is -0.706. The summed E-state index contributed by atoms with van der Waals surface area (Å²) in [5.74, 6) is 0. The summed E-state index contributed by atoms with van der Waals surface area (Å²) in [5, 5.41) is 0. The normalized spacial score (nSPS) is 11.8. The zero-order valence-electron chi connectivity index (χ0n) is 5.95. The van der Waals surface area contributed by atoms with Gasteiger partial charge in [-0.05, 0) is 24.6 Å². The van der Waals surface area contributed by atoms with Gasteiger partial charge >= 0.3 is 6.18 Å². The van der Waals surface area contributed by atoms with Gasteiger partial charge in [0.05, 0.1) is 5.56 Å². The predicted octanol–water partition coefficient (Wildman–Crippen LogP) is 3.65. The number of halogens is 4. The molecule has 0 amide bonds. The summed E-state index contributed by atoms with van der Waals surface area (Å²) in [6.45, 7) is 3.29. The van der Waals surface area contributed by atoms with Gasteiger partial charge in [-0.25, -0.2) is 0 Å². The van der Waals surface area contributed by atoms with Crippen molar-refractivity contribution in [1.82, 2.24) is 0 Å². The third kappa shape index (κ3) is 2.00. The Bertz CT molecular complexity index is 291. The average Bonchev–Trinajstić information content (AvgIpc) is 1.92. The molecule has 4 heteroatoms. The molecular formula is C8H5BrF3. The molecule has 0 N–H and O–H groups in total. The van der Waals surface area contributed by atoms with Crippen molar-refractivity contribution < 1.29 is 13.2 Å². The van der Waals surface area contributed by atoms with Gasteiger partial charge in [0.15, 0.2) is 0 Å². The molecule has 0 saturated carbocycles. The Morgan fingerprint density at radius 1 is 1.25 bits per heavy atom. The molecule has 1 rings (SSSR count). The zero-order chi connectivity index (χ0) is 9.35. The van der Waals surface area contributed by atoms with Crippen molar-refractivity contribution in [3.05, 3.63) is 40.7 Å². The fourth-order valence-corrected chi connectivity index (χ4v) is 1.17. The molecule has 0 aliphatic heterocycles. The van der Waals surface area contributed by atoms with Crippen LogP contribution in [0.25, 0.3) is 0 Å². The summed E-state index contributed by atoms with van der Waals surface area (Å²) in [7, 11) is 0. The molecule has 0 fully saturated rings. The van der Waals surface area contributed by atoms with Gasteiger partial charge in [0.25, 0.3) is 0 Å². The maximum absolute atomic E-state index is 12.2. The van der Waals surface area contributed by atoms with Crippen LogP contribution < -0.4 is 0 Å². The van der Waals surface area contributed by atoms with Crippen LogP contribution in [0.15, 0.2) is 22.7 Å². The van der Waals surface area contributed by atoms with Crippen LogP contribution in [0, 0.1) is 6.92 Å². The summed E-state index contributed by atoms with van der Waals surface area (Å²) < 4.78 is 36.9. The van der Waals surface area contributed by atoms with E-state index in [2.05, 4.69) is 22.9 Å². The molecule has 0 aromatic heterocycles. The fourth-order valence-electron chi connectivity index (χ4n) is 0.813. The lowest BCUT2D eigenvalue weighted by Crippen LogP contribution is -2.06. The fraction of sp³-hybridized carbons (Fsp3) is 0.125. The van der Waals surface area contributed by atoms with Crippen molar-refractivity contribution in [3.63, 3.8) is 0 Å². The SMILES string of the molecule is [CH2]c1ccc(Br)cc1C(F)(F)F. The quantitative estimate of drug-likeness (QED) is 0.647.